The molecule has 2 aliphatic carbocycles. The summed E-state index contributed by atoms with van der Waals surface area (Å²) in [6.45, 7) is 10.8. The minimum Gasteiger partial charge on any atom is -0.314 e. The van der Waals surface area contributed by atoms with Crippen LogP contribution in [0.2, 0.25) is 0 Å². The molecular weight excluding hydrogens is 194 g/mol. The fourth-order valence-corrected chi connectivity index (χ4v) is 3.22. The molecule has 0 aromatic carbocycles. The van der Waals surface area contributed by atoms with Crippen LogP contribution in [0.4, 0.5) is 0 Å². The van der Waals surface area contributed by atoms with Gasteiger partial charge >= 0.3 is 0 Å². The van der Waals surface area contributed by atoms with Gasteiger partial charge in [-0.05, 0) is 61.8 Å². The molecule has 0 heterocycles. The van der Waals surface area contributed by atoms with Gasteiger partial charge in [0.1, 0.15) is 0 Å². The van der Waals surface area contributed by atoms with Gasteiger partial charge in [0.2, 0.25) is 0 Å². The first-order chi connectivity index (χ1) is 7.49. The average molecular weight is 223 g/mol. The van der Waals surface area contributed by atoms with Crippen molar-refractivity contribution >= 4 is 0 Å². The van der Waals surface area contributed by atoms with Gasteiger partial charge in [0.25, 0.3) is 0 Å². The van der Waals surface area contributed by atoms with Crippen LogP contribution in [0, 0.1) is 23.2 Å². The topological polar surface area (TPSA) is 12.0 Å². The largest absolute Gasteiger partial charge is 0.314 e. The lowest BCUT2D eigenvalue weighted by Crippen LogP contribution is -2.35. The SMILES string of the molecule is CC(C)C1CCC(NCC2CC2(C)C)CC1. The van der Waals surface area contributed by atoms with Gasteiger partial charge in [0.05, 0.1) is 0 Å². The summed E-state index contributed by atoms with van der Waals surface area (Å²) in [7, 11) is 0. The molecule has 0 aromatic rings. The van der Waals surface area contributed by atoms with Gasteiger partial charge in [0, 0.05) is 6.04 Å². The van der Waals surface area contributed by atoms with Gasteiger partial charge in [-0.1, -0.05) is 27.7 Å². The monoisotopic (exact) mass is 223 g/mol. The van der Waals surface area contributed by atoms with Crippen LogP contribution in [-0.4, -0.2) is 12.6 Å². The zero-order valence-electron chi connectivity index (χ0n) is 11.6. The maximum atomic E-state index is 3.80. The quantitative estimate of drug-likeness (QED) is 0.763. The van der Waals surface area contributed by atoms with Crippen molar-refractivity contribution in [2.45, 2.75) is 65.8 Å². The first-order valence-electron chi connectivity index (χ1n) is 7.22. The van der Waals surface area contributed by atoms with E-state index in [0.29, 0.717) is 5.41 Å². The van der Waals surface area contributed by atoms with Gasteiger partial charge in [-0.15, -0.1) is 0 Å². The fourth-order valence-electron chi connectivity index (χ4n) is 3.22. The molecule has 1 unspecified atom stereocenters. The van der Waals surface area contributed by atoms with E-state index >= 15 is 0 Å². The van der Waals surface area contributed by atoms with Crippen LogP contribution >= 0.6 is 0 Å². The lowest BCUT2D eigenvalue weighted by Gasteiger charge is -2.31. The Labute approximate surface area is 101 Å². The molecular formula is C15H29N. The van der Waals surface area contributed by atoms with E-state index in [-0.39, 0.29) is 0 Å². The standard InChI is InChI=1S/C15H29N/c1-11(2)12-5-7-14(8-6-12)16-10-13-9-15(13,3)4/h11-14,16H,5-10H2,1-4H3. The second-order valence-electron chi connectivity index (χ2n) is 7.15. The van der Waals surface area contributed by atoms with Crippen LogP contribution in [-0.2, 0) is 0 Å². The molecule has 2 rings (SSSR count). The summed E-state index contributed by atoms with van der Waals surface area (Å²) in [5.41, 5.74) is 0.641. The van der Waals surface area contributed by atoms with Gasteiger partial charge in [-0.2, -0.15) is 0 Å². The first-order valence-corrected chi connectivity index (χ1v) is 7.22. The third-order valence-corrected chi connectivity index (χ3v) is 5.09. The molecule has 16 heavy (non-hydrogen) atoms. The third kappa shape index (κ3) is 3.00. The Morgan fingerprint density at radius 1 is 1.12 bits per heavy atom. The molecule has 94 valence electrons. The molecule has 1 atom stereocenters. The van der Waals surface area contributed by atoms with Crippen molar-refractivity contribution < 1.29 is 0 Å². The van der Waals surface area contributed by atoms with Crippen molar-refractivity contribution in [3.63, 3.8) is 0 Å². The van der Waals surface area contributed by atoms with Crippen molar-refractivity contribution in [1.82, 2.24) is 5.32 Å². The zero-order chi connectivity index (χ0) is 11.8. The molecule has 0 spiro atoms. The molecule has 0 amide bonds. The van der Waals surface area contributed by atoms with Crippen molar-refractivity contribution in [3.05, 3.63) is 0 Å². The number of rotatable bonds is 4. The van der Waals surface area contributed by atoms with Crippen LogP contribution < -0.4 is 5.32 Å². The second kappa shape index (κ2) is 4.68. The Bertz CT molecular complexity index is 224. The van der Waals surface area contributed by atoms with Crippen LogP contribution in [0.15, 0.2) is 0 Å². The Kier molecular flexibility index (Phi) is 3.63. The number of nitrogens with one attached hydrogen (secondary N) is 1. The van der Waals surface area contributed by atoms with Crippen molar-refractivity contribution in [1.29, 1.82) is 0 Å². The lowest BCUT2D eigenvalue weighted by molar-refractivity contribution is 0.236. The molecule has 2 fully saturated rings. The Balaban J connectivity index is 1.63. The van der Waals surface area contributed by atoms with Crippen LogP contribution in [0.3, 0.4) is 0 Å². The Hall–Kier alpha value is -0.0400. The average Bonchev–Trinajstić information content (AvgIpc) is 2.84. The van der Waals surface area contributed by atoms with Gasteiger partial charge < -0.3 is 5.32 Å². The Morgan fingerprint density at radius 2 is 1.69 bits per heavy atom. The highest BCUT2D eigenvalue weighted by Gasteiger charge is 2.45. The summed E-state index contributed by atoms with van der Waals surface area (Å²) < 4.78 is 0. The summed E-state index contributed by atoms with van der Waals surface area (Å²) in [5.74, 6) is 2.84. The molecule has 1 heteroatoms. The highest BCUT2D eigenvalue weighted by atomic mass is 14.9. The summed E-state index contributed by atoms with van der Waals surface area (Å²) in [4.78, 5) is 0. The van der Waals surface area contributed by atoms with E-state index in [0.717, 1.165) is 23.8 Å². The van der Waals surface area contributed by atoms with Gasteiger partial charge in [-0.3, -0.25) is 0 Å². The second-order valence-corrected chi connectivity index (χ2v) is 7.15. The minimum atomic E-state index is 0.641. The van der Waals surface area contributed by atoms with Crippen molar-refractivity contribution in [2.24, 2.45) is 23.2 Å². The number of hydrogen-bond acceptors (Lipinski definition) is 1. The van der Waals surface area contributed by atoms with Crippen molar-refractivity contribution in [3.8, 4) is 0 Å². The number of hydrogen-bond donors (Lipinski definition) is 1. The highest BCUT2D eigenvalue weighted by Crippen LogP contribution is 2.51. The van der Waals surface area contributed by atoms with Gasteiger partial charge in [-0.25, -0.2) is 0 Å². The molecule has 0 saturated heterocycles. The Morgan fingerprint density at radius 3 is 2.12 bits per heavy atom. The predicted octanol–water partition coefficient (Wildman–Crippen LogP) is 3.84. The zero-order valence-corrected chi connectivity index (χ0v) is 11.6. The third-order valence-electron chi connectivity index (χ3n) is 5.09. The van der Waals surface area contributed by atoms with E-state index in [1.165, 1.54) is 38.6 Å². The van der Waals surface area contributed by atoms with E-state index in [1.807, 2.05) is 0 Å². The first kappa shape index (κ1) is 12.4. The molecule has 1 N–H and O–H groups in total. The fraction of sp³-hybridized carbons (Fsp3) is 1.00. The summed E-state index contributed by atoms with van der Waals surface area (Å²) in [6, 6.07) is 0.825. The smallest absolute Gasteiger partial charge is 0.00673 e. The highest BCUT2D eigenvalue weighted by molar-refractivity contribution is 4.96. The molecule has 2 aliphatic rings. The molecule has 2 saturated carbocycles. The summed E-state index contributed by atoms with van der Waals surface area (Å²) in [5, 5.41) is 3.80. The maximum absolute atomic E-state index is 3.80. The summed E-state index contributed by atoms with van der Waals surface area (Å²) >= 11 is 0. The van der Waals surface area contributed by atoms with Crippen molar-refractivity contribution in [2.75, 3.05) is 6.54 Å². The molecule has 0 aliphatic heterocycles. The van der Waals surface area contributed by atoms with E-state index < -0.39 is 0 Å². The van der Waals surface area contributed by atoms with E-state index in [1.54, 1.807) is 0 Å². The molecule has 0 bridgehead atoms. The molecule has 0 radical (unpaired) electrons. The van der Waals surface area contributed by atoms with Crippen LogP contribution in [0.1, 0.15) is 59.8 Å². The van der Waals surface area contributed by atoms with Crippen LogP contribution in [0.25, 0.3) is 0 Å². The van der Waals surface area contributed by atoms with E-state index in [9.17, 15) is 0 Å². The molecule has 1 nitrogen and oxygen atoms in total. The lowest BCUT2D eigenvalue weighted by atomic mass is 9.79. The van der Waals surface area contributed by atoms with E-state index in [4.69, 9.17) is 0 Å². The van der Waals surface area contributed by atoms with E-state index in [2.05, 4.69) is 33.0 Å². The maximum Gasteiger partial charge on any atom is 0.00673 e. The van der Waals surface area contributed by atoms with Gasteiger partial charge in [0.15, 0.2) is 0 Å². The minimum absolute atomic E-state index is 0.641. The molecule has 0 aromatic heterocycles. The summed E-state index contributed by atoms with van der Waals surface area (Å²) in [6.07, 6.45) is 7.15. The normalized spacial score (nSPS) is 37.7. The predicted molar refractivity (Wildman–Crippen MR) is 70.5 cm³/mol. The van der Waals surface area contributed by atoms with Crippen LogP contribution in [0.5, 0.6) is 0 Å².